The summed E-state index contributed by atoms with van der Waals surface area (Å²) in [5, 5.41) is 0. The Morgan fingerprint density at radius 2 is 2.12 bits per heavy atom. The SMILES string of the molecule is NNc1ccnc(COc2ccccc2I)c1. The number of para-hydroxylation sites is 1. The molecule has 1 aromatic heterocycles. The van der Waals surface area contributed by atoms with Gasteiger partial charge >= 0.3 is 0 Å². The number of hydrogen-bond donors (Lipinski definition) is 2. The first-order valence-corrected chi connectivity index (χ1v) is 6.16. The van der Waals surface area contributed by atoms with E-state index in [0.29, 0.717) is 6.61 Å². The summed E-state index contributed by atoms with van der Waals surface area (Å²) in [6.07, 6.45) is 1.70. The van der Waals surface area contributed by atoms with Gasteiger partial charge in [0.2, 0.25) is 0 Å². The van der Waals surface area contributed by atoms with Crippen molar-refractivity contribution < 1.29 is 4.74 Å². The molecule has 2 rings (SSSR count). The number of rotatable bonds is 4. The van der Waals surface area contributed by atoms with Crippen LogP contribution in [0.3, 0.4) is 0 Å². The molecule has 4 nitrogen and oxygen atoms in total. The van der Waals surface area contributed by atoms with Gasteiger partial charge in [0, 0.05) is 6.20 Å². The van der Waals surface area contributed by atoms with E-state index in [1.807, 2.05) is 30.3 Å². The summed E-state index contributed by atoms with van der Waals surface area (Å²) >= 11 is 2.24. The molecular formula is C12H12IN3O. The maximum Gasteiger partial charge on any atom is 0.133 e. The van der Waals surface area contributed by atoms with Gasteiger partial charge in [0.25, 0.3) is 0 Å². The van der Waals surface area contributed by atoms with Gasteiger partial charge in [-0.3, -0.25) is 10.8 Å². The third-order valence-corrected chi connectivity index (χ3v) is 3.09. The van der Waals surface area contributed by atoms with E-state index in [1.54, 1.807) is 12.3 Å². The summed E-state index contributed by atoms with van der Waals surface area (Å²) in [6.45, 7) is 0.426. The van der Waals surface area contributed by atoms with E-state index in [2.05, 4.69) is 33.0 Å². The molecule has 0 spiro atoms. The molecular weight excluding hydrogens is 329 g/mol. The van der Waals surface area contributed by atoms with Crippen LogP contribution in [0, 0.1) is 3.57 Å². The summed E-state index contributed by atoms with van der Waals surface area (Å²) in [5.41, 5.74) is 4.23. The van der Waals surface area contributed by atoms with Crippen LogP contribution >= 0.6 is 22.6 Å². The molecule has 0 saturated heterocycles. The van der Waals surface area contributed by atoms with Crippen molar-refractivity contribution >= 4 is 28.3 Å². The highest BCUT2D eigenvalue weighted by Gasteiger charge is 2.01. The van der Waals surface area contributed by atoms with Crippen LogP contribution in [0.4, 0.5) is 5.69 Å². The lowest BCUT2D eigenvalue weighted by Gasteiger charge is -2.08. The van der Waals surface area contributed by atoms with E-state index in [4.69, 9.17) is 10.6 Å². The van der Waals surface area contributed by atoms with E-state index in [9.17, 15) is 0 Å². The largest absolute Gasteiger partial charge is 0.486 e. The van der Waals surface area contributed by atoms with Gasteiger partial charge in [-0.05, 0) is 46.9 Å². The van der Waals surface area contributed by atoms with Crippen LogP contribution in [0.5, 0.6) is 5.75 Å². The van der Waals surface area contributed by atoms with Crippen LogP contribution in [-0.4, -0.2) is 4.98 Å². The number of ether oxygens (including phenoxy) is 1. The predicted octanol–water partition coefficient (Wildman–Crippen LogP) is 2.55. The maximum absolute atomic E-state index is 5.68. The van der Waals surface area contributed by atoms with Crippen molar-refractivity contribution in [1.82, 2.24) is 4.98 Å². The molecule has 0 bridgehead atoms. The molecule has 3 N–H and O–H groups in total. The average Bonchev–Trinajstić information content (AvgIpc) is 2.38. The lowest BCUT2D eigenvalue weighted by molar-refractivity contribution is 0.299. The number of nitrogens with zero attached hydrogens (tertiary/aromatic N) is 1. The molecule has 0 radical (unpaired) electrons. The minimum Gasteiger partial charge on any atom is -0.486 e. The van der Waals surface area contributed by atoms with Gasteiger partial charge in [-0.2, -0.15) is 0 Å². The Morgan fingerprint density at radius 1 is 1.29 bits per heavy atom. The second-order valence-electron chi connectivity index (χ2n) is 3.40. The van der Waals surface area contributed by atoms with E-state index in [1.165, 1.54) is 0 Å². The molecule has 0 aliphatic heterocycles. The third-order valence-electron chi connectivity index (χ3n) is 2.20. The van der Waals surface area contributed by atoms with Crippen molar-refractivity contribution in [2.24, 2.45) is 5.84 Å². The second-order valence-corrected chi connectivity index (χ2v) is 4.56. The average molecular weight is 341 g/mol. The van der Waals surface area contributed by atoms with Crippen LogP contribution < -0.4 is 16.0 Å². The molecule has 0 atom stereocenters. The Bertz CT molecular complexity index is 505. The second kappa shape index (κ2) is 5.83. The zero-order valence-corrected chi connectivity index (χ0v) is 11.2. The van der Waals surface area contributed by atoms with Gasteiger partial charge in [-0.25, -0.2) is 0 Å². The minimum atomic E-state index is 0.426. The molecule has 1 heterocycles. The first kappa shape index (κ1) is 12.1. The van der Waals surface area contributed by atoms with E-state index in [0.717, 1.165) is 20.7 Å². The van der Waals surface area contributed by atoms with Crippen molar-refractivity contribution in [2.45, 2.75) is 6.61 Å². The third kappa shape index (κ3) is 3.31. The van der Waals surface area contributed by atoms with Crippen molar-refractivity contribution in [1.29, 1.82) is 0 Å². The lowest BCUT2D eigenvalue weighted by atomic mass is 10.3. The Kier molecular flexibility index (Phi) is 4.16. The number of nitrogen functional groups attached to an aromatic ring is 1. The van der Waals surface area contributed by atoms with Crippen LogP contribution in [0.2, 0.25) is 0 Å². The fraction of sp³-hybridized carbons (Fsp3) is 0.0833. The van der Waals surface area contributed by atoms with Gasteiger partial charge in [0.1, 0.15) is 12.4 Å². The molecule has 88 valence electrons. The Labute approximate surface area is 113 Å². The number of hydrogen-bond acceptors (Lipinski definition) is 4. The van der Waals surface area contributed by atoms with Gasteiger partial charge in [0.05, 0.1) is 15.0 Å². The first-order valence-electron chi connectivity index (χ1n) is 5.08. The predicted molar refractivity (Wildman–Crippen MR) is 75.5 cm³/mol. The molecule has 0 saturated carbocycles. The number of aromatic nitrogens is 1. The monoisotopic (exact) mass is 341 g/mol. The number of nitrogens with one attached hydrogen (secondary N) is 1. The van der Waals surface area contributed by atoms with Crippen LogP contribution in [0.25, 0.3) is 0 Å². The highest BCUT2D eigenvalue weighted by atomic mass is 127. The van der Waals surface area contributed by atoms with E-state index < -0.39 is 0 Å². The molecule has 2 aromatic rings. The standard InChI is InChI=1S/C12H12IN3O/c13-11-3-1-2-4-12(11)17-8-10-7-9(16-14)5-6-15-10/h1-7H,8,14H2,(H,15,16). The number of nitrogens with two attached hydrogens (primary N) is 1. The van der Waals surface area contributed by atoms with Crippen molar-refractivity contribution in [3.8, 4) is 5.75 Å². The first-order chi connectivity index (χ1) is 8.29. The summed E-state index contributed by atoms with van der Waals surface area (Å²) < 4.78 is 6.77. The Hall–Kier alpha value is -1.34. The van der Waals surface area contributed by atoms with E-state index >= 15 is 0 Å². The molecule has 17 heavy (non-hydrogen) atoms. The van der Waals surface area contributed by atoms with Gasteiger partial charge in [-0.1, -0.05) is 12.1 Å². The minimum absolute atomic E-state index is 0.426. The molecule has 0 fully saturated rings. The Balaban J connectivity index is 2.05. The highest BCUT2D eigenvalue weighted by Crippen LogP contribution is 2.20. The maximum atomic E-state index is 5.68. The highest BCUT2D eigenvalue weighted by molar-refractivity contribution is 14.1. The fourth-order valence-corrected chi connectivity index (χ4v) is 1.90. The summed E-state index contributed by atoms with van der Waals surface area (Å²) in [4.78, 5) is 4.21. The van der Waals surface area contributed by atoms with Gasteiger partial charge < -0.3 is 10.2 Å². The number of halogens is 1. The zero-order chi connectivity index (χ0) is 12.1. The van der Waals surface area contributed by atoms with Crippen molar-refractivity contribution in [3.05, 3.63) is 51.9 Å². The fourth-order valence-electron chi connectivity index (χ4n) is 1.36. The quantitative estimate of drug-likeness (QED) is 0.510. The van der Waals surface area contributed by atoms with Gasteiger partial charge in [0.15, 0.2) is 0 Å². The molecule has 0 amide bonds. The zero-order valence-electron chi connectivity index (χ0n) is 9.06. The molecule has 0 aliphatic carbocycles. The molecule has 0 unspecified atom stereocenters. The number of hydrazine groups is 1. The van der Waals surface area contributed by atoms with Crippen molar-refractivity contribution in [2.75, 3.05) is 5.43 Å². The van der Waals surface area contributed by atoms with Crippen LogP contribution in [-0.2, 0) is 6.61 Å². The molecule has 0 aliphatic rings. The summed E-state index contributed by atoms with van der Waals surface area (Å²) in [5.74, 6) is 6.19. The topological polar surface area (TPSA) is 60.2 Å². The van der Waals surface area contributed by atoms with Crippen LogP contribution in [0.1, 0.15) is 5.69 Å². The molecule has 5 heteroatoms. The normalized spacial score (nSPS) is 10.0. The summed E-state index contributed by atoms with van der Waals surface area (Å²) in [6, 6.07) is 11.5. The number of benzene rings is 1. The smallest absolute Gasteiger partial charge is 0.133 e. The number of anilines is 1. The number of pyridine rings is 1. The van der Waals surface area contributed by atoms with Gasteiger partial charge in [-0.15, -0.1) is 0 Å². The van der Waals surface area contributed by atoms with E-state index in [-0.39, 0.29) is 0 Å². The summed E-state index contributed by atoms with van der Waals surface area (Å²) in [7, 11) is 0. The van der Waals surface area contributed by atoms with Crippen molar-refractivity contribution in [3.63, 3.8) is 0 Å². The lowest BCUT2D eigenvalue weighted by Crippen LogP contribution is -2.08. The molecule has 1 aromatic carbocycles. The Morgan fingerprint density at radius 3 is 2.88 bits per heavy atom. The van der Waals surface area contributed by atoms with Crippen LogP contribution in [0.15, 0.2) is 42.6 Å².